The third kappa shape index (κ3) is 71.7. The quantitative estimate of drug-likeness (QED) is 0.0169. The minimum atomic E-state index is -4.96. The molecule has 0 aromatic rings. The lowest BCUT2D eigenvalue weighted by atomic mass is 10.0. The lowest BCUT2D eigenvalue weighted by Gasteiger charge is -2.21. The van der Waals surface area contributed by atoms with Gasteiger partial charge in [-0.2, -0.15) is 0 Å². The Balaban J connectivity index is 5.22. The Morgan fingerprint density at radius 2 is 0.557 bits per heavy atom. The average Bonchev–Trinajstić information content (AvgIpc) is 1.50. The van der Waals surface area contributed by atoms with Gasteiger partial charge in [-0.3, -0.25) is 37.3 Å². The second-order valence-corrected chi connectivity index (χ2v) is 31.3. The van der Waals surface area contributed by atoms with Gasteiger partial charge in [0, 0.05) is 25.7 Å². The van der Waals surface area contributed by atoms with Crippen molar-refractivity contribution in [1.82, 2.24) is 0 Å². The Morgan fingerprint density at radius 1 is 0.320 bits per heavy atom. The number of hydrogen-bond donors (Lipinski definition) is 3. The van der Waals surface area contributed by atoms with E-state index in [1.165, 1.54) is 173 Å². The van der Waals surface area contributed by atoms with Crippen LogP contribution in [0.1, 0.15) is 382 Å². The van der Waals surface area contributed by atoms with Crippen molar-refractivity contribution in [3.05, 3.63) is 24.3 Å². The molecule has 0 aromatic heterocycles. The molecule has 5 atom stereocenters. The van der Waals surface area contributed by atoms with Crippen molar-refractivity contribution in [3.63, 3.8) is 0 Å². The normalized spacial score (nSPS) is 14.1. The highest BCUT2D eigenvalue weighted by Crippen LogP contribution is 2.45. The number of esters is 4. The fourth-order valence-electron chi connectivity index (χ4n) is 11.5. The van der Waals surface area contributed by atoms with Crippen LogP contribution in [0, 0.1) is 11.8 Å². The fourth-order valence-corrected chi connectivity index (χ4v) is 13.0. The van der Waals surface area contributed by atoms with Crippen molar-refractivity contribution < 1.29 is 80.2 Å². The van der Waals surface area contributed by atoms with E-state index in [1.54, 1.807) is 0 Å². The largest absolute Gasteiger partial charge is 0.472 e. The first-order chi connectivity index (χ1) is 46.9. The van der Waals surface area contributed by atoms with Crippen LogP contribution < -0.4 is 0 Å². The highest BCUT2D eigenvalue weighted by molar-refractivity contribution is 7.47. The van der Waals surface area contributed by atoms with Crippen molar-refractivity contribution >= 4 is 39.5 Å². The van der Waals surface area contributed by atoms with Gasteiger partial charge in [0.05, 0.1) is 26.4 Å². The van der Waals surface area contributed by atoms with Crippen LogP contribution in [-0.2, 0) is 65.4 Å². The zero-order valence-corrected chi connectivity index (χ0v) is 64.7. The molecular formula is C78H148O17P2. The van der Waals surface area contributed by atoms with Crippen LogP contribution >= 0.6 is 15.6 Å². The van der Waals surface area contributed by atoms with Crippen molar-refractivity contribution in [1.29, 1.82) is 0 Å². The van der Waals surface area contributed by atoms with E-state index in [1.807, 2.05) is 0 Å². The van der Waals surface area contributed by atoms with Crippen molar-refractivity contribution in [3.8, 4) is 0 Å². The molecule has 0 rings (SSSR count). The first-order valence-corrected chi connectivity index (χ1v) is 42.8. The van der Waals surface area contributed by atoms with E-state index in [4.69, 9.17) is 37.0 Å². The summed E-state index contributed by atoms with van der Waals surface area (Å²) in [5.74, 6) is -0.549. The van der Waals surface area contributed by atoms with Crippen LogP contribution in [0.2, 0.25) is 0 Å². The average molecular weight is 1420 g/mol. The number of rotatable bonds is 75. The fraction of sp³-hybridized carbons (Fsp3) is 0.897. The van der Waals surface area contributed by atoms with Gasteiger partial charge in [0.25, 0.3) is 0 Å². The van der Waals surface area contributed by atoms with Crippen LogP contribution in [0.5, 0.6) is 0 Å². The number of carbonyl (C=O) groups excluding carboxylic acids is 4. The Hall–Kier alpha value is -2.46. The summed E-state index contributed by atoms with van der Waals surface area (Å²) >= 11 is 0. The molecule has 0 aliphatic heterocycles. The van der Waals surface area contributed by atoms with Crippen LogP contribution in [0.25, 0.3) is 0 Å². The number of ether oxygens (including phenoxy) is 4. The highest BCUT2D eigenvalue weighted by Gasteiger charge is 2.30. The van der Waals surface area contributed by atoms with E-state index in [2.05, 4.69) is 65.8 Å². The van der Waals surface area contributed by atoms with E-state index >= 15 is 0 Å². The summed E-state index contributed by atoms with van der Waals surface area (Å²) in [7, 11) is -9.92. The Bertz CT molecular complexity index is 1970. The molecule has 0 amide bonds. The third-order valence-electron chi connectivity index (χ3n) is 17.6. The second-order valence-electron chi connectivity index (χ2n) is 28.4. The van der Waals surface area contributed by atoms with Gasteiger partial charge < -0.3 is 33.8 Å². The number of phosphoric acid groups is 2. The number of aliphatic hydroxyl groups is 1. The van der Waals surface area contributed by atoms with Crippen LogP contribution in [0.3, 0.4) is 0 Å². The number of allylic oxidation sites excluding steroid dienone is 4. The SMILES string of the molecule is CCCCCC/C=C\C=C/CCCCCCCC(=O)O[C@H](COC(=O)CCCCCCCCC)COP(=O)(O)OC[C@H](O)COP(=O)(O)OC[C@@H](COC(=O)CCCCCCCCCCCCCCCCC(C)C)OC(=O)CCCCCCCCCCCCCCCCCC(C)C. The lowest BCUT2D eigenvalue weighted by molar-refractivity contribution is -0.161. The smallest absolute Gasteiger partial charge is 0.462 e. The van der Waals surface area contributed by atoms with E-state index in [0.717, 1.165) is 127 Å². The topological polar surface area (TPSA) is 237 Å². The molecule has 0 spiro atoms. The lowest BCUT2D eigenvalue weighted by Crippen LogP contribution is -2.30. The number of hydrogen-bond acceptors (Lipinski definition) is 15. The molecule has 0 aliphatic carbocycles. The Kier molecular flexibility index (Phi) is 67.5. The van der Waals surface area contributed by atoms with E-state index in [9.17, 15) is 43.2 Å². The predicted molar refractivity (Wildman–Crippen MR) is 395 cm³/mol. The summed E-state index contributed by atoms with van der Waals surface area (Å²) in [6.07, 6.45) is 60.6. The first kappa shape index (κ1) is 94.5. The molecule has 0 bridgehead atoms. The summed E-state index contributed by atoms with van der Waals surface area (Å²) < 4.78 is 68.4. The monoisotopic (exact) mass is 1420 g/mol. The summed E-state index contributed by atoms with van der Waals surface area (Å²) in [5, 5.41) is 10.6. The standard InChI is InChI=1S/C78H148O17P2/c1-7-9-11-13-15-16-17-18-20-28-33-38-44-50-56-62-77(82)94-73(66-88-75(80)60-54-48-40-14-12-10-8-2)68-92-96(84,85)90-64-72(79)65-91-97(86,87)93-69-74(67-89-76(81)61-55-49-43-37-32-27-24-23-26-31-36-42-47-53-59-71(5)6)95-78(83)63-57-51-45-39-34-29-22-19-21-25-30-35-41-46-52-58-70(3)4/h16-18,20,70-74,79H,7-15,19,21-69H2,1-6H3,(H,84,85)(H,86,87)/b17-16-,20-18-/t72-,73+,74+/m0/s1. The summed E-state index contributed by atoms with van der Waals surface area (Å²) in [6.45, 7) is 9.55. The number of phosphoric ester groups is 2. The first-order valence-electron chi connectivity index (χ1n) is 39.8. The number of aliphatic hydroxyl groups excluding tert-OH is 1. The van der Waals surface area contributed by atoms with Gasteiger partial charge in [-0.15, -0.1) is 0 Å². The molecule has 572 valence electrons. The molecule has 0 aromatic carbocycles. The molecule has 0 saturated heterocycles. The van der Waals surface area contributed by atoms with Crippen molar-refractivity contribution in [2.24, 2.45) is 11.8 Å². The maximum absolute atomic E-state index is 13.1. The van der Waals surface area contributed by atoms with Gasteiger partial charge in [-0.05, 0) is 63.2 Å². The second kappa shape index (κ2) is 69.3. The van der Waals surface area contributed by atoms with Gasteiger partial charge >= 0.3 is 39.5 Å². The maximum Gasteiger partial charge on any atom is 0.472 e. The van der Waals surface area contributed by atoms with Gasteiger partial charge in [0.15, 0.2) is 12.2 Å². The molecular weight excluding hydrogens is 1270 g/mol. The van der Waals surface area contributed by atoms with Gasteiger partial charge in [-0.1, -0.05) is 329 Å². The number of carbonyl (C=O) groups is 4. The van der Waals surface area contributed by atoms with Crippen molar-refractivity contribution in [2.45, 2.75) is 400 Å². The molecule has 97 heavy (non-hydrogen) atoms. The Morgan fingerprint density at radius 3 is 0.845 bits per heavy atom. The minimum absolute atomic E-state index is 0.0847. The van der Waals surface area contributed by atoms with Gasteiger partial charge in [-0.25, -0.2) is 9.13 Å². The van der Waals surface area contributed by atoms with Gasteiger partial charge in [0.1, 0.15) is 19.3 Å². The van der Waals surface area contributed by atoms with Crippen LogP contribution in [0.4, 0.5) is 0 Å². The molecule has 0 aliphatic rings. The van der Waals surface area contributed by atoms with E-state index in [0.29, 0.717) is 25.7 Å². The summed E-state index contributed by atoms with van der Waals surface area (Å²) in [4.78, 5) is 72.7. The van der Waals surface area contributed by atoms with E-state index in [-0.39, 0.29) is 25.7 Å². The molecule has 17 nitrogen and oxygen atoms in total. The predicted octanol–water partition coefficient (Wildman–Crippen LogP) is 22.7. The third-order valence-corrected chi connectivity index (χ3v) is 19.5. The summed E-state index contributed by atoms with van der Waals surface area (Å²) in [6, 6.07) is 0. The Labute approximate surface area is 592 Å². The molecule has 3 N–H and O–H groups in total. The van der Waals surface area contributed by atoms with Crippen LogP contribution in [-0.4, -0.2) is 96.7 Å². The maximum atomic E-state index is 13.1. The molecule has 0 saturated carbocycles. The van der Waals surface area contributed by atoms with Crippen LogP contribution in [0.15, 0.2) is 24.3 Å². The molecule has 0 radical (unpaired) electrons. The van der Waals surface area contributed by atoms with E-state index < -0.39 is 97.5 Å². The van der Waals surface area contributed by atoms with Gasteiger partial charge in [0.2, 0.25) is 0 Å². The minimum Gasteiger partial charge on any atom is -0.462 e. The number of unbranched alkanes of at least 4 members (excludes halogenated alkanes) is 42. The molecule has 2 unspecified atom stereocenters. The summed E-state index contributed by atoms with van der Waals surface area (Å²) in [5.41, 5.74) is 0. The zero-order chi connectivity index (χ0) is 71.4. The molecule has 0 heterocycles. The van der Waals surface area contributed by atoms with Crippen molar-refractivity contribution in [2.75, 3.05) is 39.6 Å². The highest BCUT2D eigenvalue weighted by atomic mass is 31.2. The zero-order valence-electron chi connectivity index (χ0n) is 62.9. The molecule has 19 heteroatoms. The molecule has 0 fully saturated rings.